The fourth-order valence-electron chi connectivity index (χ4n) is 3.03. The molecule has 32 heavy (non-hydrogen) atoms. The van der Waals surface area contributed by atoms with Gasteiger partial charge in [-0.3, -0.25) is 20.5 Å². The molecule has 0 radical (unpaired) electrons. The van der Waals surface area contributed by atoms with Crippen molar-refractivity contribution in [3.05, 3.63) is 105 Å². The van der Waals surface area contributed by atoms with Gasteiger partial charge in [0.1, 0.15) is 6.33 Å². The maximum Gasteiger partial charge on any atom is 0.355 e. The van der Waals surface area contributed by atoms with Crippen molar-refractivity contribution in [2.45, 2.75) is 0 Å². The molecule has 0 spiro atoms. The third kappa shape index (κ3) is 4.88. The summed E-state index contributed by atoms with van der Waals surface area (Å²) in [5, 5.41) is 17.4. The van der Waals surface area contributed by atoms with E-state index in [1.807, 2.05) is 60.7 Å². The third-order valence-electron chi connectivity index (χ3n) is 4.38. The summed E-state index contributed by atoms with van der Waals surface area (Å²) in [4.78, 5) is 19.6. The van der Waals surface area contributed by atoms with Crippen molar-refractivity contribution in [3.63, 3.8) is 0 Å². The summed E-state index contributed by atoms with van der Waals surface area (Å²) in [6, 6.07) is 23.5. The van der Waals surface area contributed by atoms with Gasteiger partial charge in [-0.2, -0.15) is 0 Å². The van der Waals surface area contributed by atoms with E-state index in [4.69, 9.17) is 23.2 Å². The Morgan fingerprint density at radius 1 is 0.812 bits per heavy atom. The van der Waals surface area contributed by atoms with Crippen LogP contribution in [0.3, 0.4) is 0 Å². The Bertz CT molecular complexity index is 1180. The summed E-state index contributed by atoms with van der Waals surface area (Å²) >= 11 is 12.1. The van der Waals surface area contributed by atoms with Crippen LogP contribution in [0.4, 0.5) is 34.4 Å². The van der Waals surface area contributed by atoms with Crippen molar-refractivity contribution in [1.82, 2.24) is 9.97 Å². The monoisotopic (exact) mass is 466 g/mol. The van der Waals surface area contributed by atoms with Crippen LogP contribution in [-0.4, -0.2) is 14.9 Å². The molecule has 10 heteroatoms. The Balaban J connectivity index is 1.75. The number of halogens is 2. The molecule has 0 atom stereocenters. The van der Waals surface area contributed by atoms with Gasteiger partial charge >= 0.3 is 5.69 Å². The molecule has 160 valence electrons. The second-order valence-corrected chi connectivity index (χ2v) is 7.45. The van der Waals surface area contributed by atoms with Crippen LogP contribution < -0.4 is 15.8 Å². The summed E-state index contributed by atoms with van der Waals surface area (Å²) < 4.78 is 0. The summed E-state index contributed by atoms with van der Waals surface area (Å²) in [6.07, 6.45) is 1.23. The molecule has 8 nitrogen and oxygen atoms in total. The molecule has 0 bridgehead atoms. The summed E-state index contributed by atoms with van der Waals surface area (Å²) in [6.45, 7) is 0. The standard InChI is InChI=1S/C22H16Cl2N6O2/c23-15-11-16(24)13-17(12-15)27-21-20(30(31)32)22(26-14-25-21)28-29(18-7-3-1-4-8-18)19-9-5-2-6-10-19/h1-14H,(H2,25,26,27,28). The van der Waals surface area contributed by atoms with Crippen LogP contribution in [0.15, 0.2) is 85.2 Å². The quantitative estimate of drug-likeness (QED) is 0.234. The highest BCUT2D eigenvalue weighted by molar-refractivity contribution is 6.35. The Labute approximate surface area is 193 Å². The van der Waals surface area contributed by atoms with Crippen molar-refractivity contribution in [2.75, 3.05) is 15.8 Å². The normalized spacial score (nSPS) is 10.4. The molecule has 0 unspecified atom stereocenters. The molecule has 2 N–H and O–H groups in total. The van der Waals surface area contributed by atoms with Crippen LogP contribution in [0.5, 0.6) is 0 Å². The number of rotatable bonds is 7. The van der Waals surface area contributed by atoms with E-state index in [1.54, 1.807) is 23.2 Å². The largest absolute Gasteiger partial charge is 0.355 e. The predicted molar refractivity (Wildman–Crippen MR) is 127 cm³/mol. The Kier molecular flexibility index (Phi) is 6.34. The van der Waals surface area contributed by atoms with Crippen LogP contribution in [0.2, 0.25) is 10.0 Å². The van der Waals surface area contributed by atoms with Crippen molar-refractivity contribution in [2.24, 2.45) is 0 Å². The molecule has 0 aliphatic rings. The number of aromatic nitrogens is 2. The lowest BCUT2D eigenvalue weighted by Crippen LogP contribution is -2.26. The van der Waals surface area contributed by atoms with Gasteiger partial charge in [-0.1, -0.05) is 59.6 Å². The maximum absolute atomic E-state index is 12.0. The Morgan fingerprint density at radius 3 is 1.88 bits per heavy atom. The van der Waals surface area contributed by atoms with Gasteiger partial charge in [0, 0.05) is 15.7 Å². The van der Waals surface area contributed by atoms with Gasteiger partial charge in [0.2, 0.25) is 11.6 Å². The van der Waals surface area contributed by atoms with Gasteiger partial charge in [-0.15, -0.1) is 0 Å². The predicted octanol–water partition coefficient (Wildman–Crippen LogP) is 6.60. The first-order valence-corrected chi connectivity index (χ1v) is 10.2. The average Bonchev–Trinajstić information content (AvgIpc) is 2.78. The lowest BCUT2D eigenvalue weighted by molar-refractivity contribution is -0.383. The lowest BCUT2D eigenvalue weighted by atomic mass is 10.2. The fraction of sp³-hybridized carbons (Fsp3) is 0. The van der Waals surface area contributed by atoms with Gasteiger partial charge in [0.05, 0.1) is 16.3 Å². The summed E-state index contributed by atoms with van der Waals surface area (Å²) in [5.41, 5.74) is 4.72. The van der Waals surface area contributed by atoms with Gasteiger partial charge in [0.15, 0.2) is 0 Å². The highest BCUT2D eigenvalue weighted by Gasteiger charge is 2.25. The van der Waals surface area contributed by atoms with Gasteiger partial charge in [-0.05, 0) is 42.5 Å². The number of anilines is 5. The smallest absolute Gasteiger partial charge is 0.334 e. The van der Waals surface area contributed by atoms with Crippen molar-refractivity contribution in [1.29, 1.82) is 0 Å². The van der Waals surface area contributed by atoms with Crippen molar-refractivity contribution < 1.29 is 4.92 Å². The molecule has 4 rings (SSSR count). The minimum Gasteiger partial charge on any atom is -0.334 e. The van der Waals surface area contributed by atoms with Gasteiger partial charge in [-0.25, -0.2) is 9.97 Å². The van der Waals surface area contributed by atoms with Crippen LogP contribution in [-0.2, 0) is 0 Å². The number of hydrazine groups is 1. The fourth-order valence-corrected chi connectivity index (χ4v) is 3.55. The number of benzene rings is 3. The van der Waals surface area contributed by atoms with E-state index < -0.39 is 4.92 Å². The zero-order valence-electron chi connectivity index (χ0n) is 16.4. The SMILES string of the molecule is O=[N+]([O-])c1c(Nc2cc(Cl)cc(Cl)c2)ncnc1NN(c1ccccc1)c1ccccc1. The average molecular weight is 467 g/mol. The first kappa shape index (κ1) is 21.4. The number of nitrogens with zero attached hydrogens (tertiary/aromatic N) is 4. The number of para-hydroxylation sites is 2. The van der Waals surface area contributed by atoms with E-state index in [0.717, 1.165) is 11.4 Å². The summed E-state index contributed by atoms with van der Waals surface area (Å²) in [5.74, 6) is 0.000220. The molecule has 0 saturated carbocycles. The second-order valence-electron chi connectivity index (χ2n) is 6.58. The van der Waals surface area contributed by atoms with E-state index in [-0.39, 0.29) is 17.3 Å². The van der Waals surface area contributed by atoms with E-state index in [0.29, 0.717) is 15.7 Å². The zero-order valence-corrected chi connectivity index (χ0v) is 18.0. The van der Waals surface area contributed by atoms with E-state index in [1.165, 1.54) is 6.33 Å². The summed E-state index contributed by atoms with van der Waals surface area (Å²) in [7, 11) is 0. The third-order valence-corrected chi connectivity index (χ3v) is 4.81. The second kappa shape index (κ2) is 9.51. The number of nitro groups is 1. The molecule has 4 aromatic rings. The molecule has 3 aromatic carbocycles. The molecular weight excluding hydrogens is 451 g/mol. The van der Waals surface area contributed by atoms with Gasteiger partial charge in [0.25, 0.3) is 0 Å². The topological polar surface area (TPSA) is 96.2 Å². The molecule has 0 saturated heterocycles. The lowest BCUT2D eigenvalue weighted by Gasteiger charge is -2.26. The van der Waals surface area contributed by atoms with E-state index in [2.05, 4.69) is 20.7 Å². The first-order valence-electron chi connectivity index (χ1n) is 9.40. The highest BCUT2D eigenvalue weighted by Crippen LogP contribution is 2.35. The first-order chi connectivity index (χ1) is 15.5. The van der Waals surface area contributed by atoms with Crippen LogP contribution >= 0.6 is 23.2 Å². The molecule has 0 aliphatic heterocycles. The van der Waals surface area contributed by atoms with Gasteiger partial charge < -0.3 is 5.32 Å². The Hall–Kier alpha value is -3.88. The molecule has 0 amide bonds. The minimum atomic E-state index is -0.551. The van der Waals surface area contributed by atoms with Crippen molar-refractivity contribution in [3.8, 4) is 0 Å². The van der Waals surface area contributed by atoms with Crippen LogP contribution in [0.25, 0.3) is 0 Å². The Morgan fingerprint density at radius 2 is 1.34 bits per heavy atom. The number of nitrogens with one attached hydrogen (secondary N) is 2. The molecule has 0 fully saturated rings. The zero-order chi connectivity index (χ0) is 22.5. The van der Waals surface area contributed by atoms with Crippen LogP contribution in [0.1, 0.15) is 0 Å². The molecule has 1 aromatic heterocycles. The highest BCUT2D eigenvalue weighted by atomic mass is 35.5. The maximum atomic E-state index is 12.0. The van der Waals surface area contributed by atoms with E-state index in [9.17, 15) is 10.1 Å². The minimum absolute atomic E-state index is 0.00749. The molecular formula is C22H16Cl2N6O2. The van der Waals surface area contributed by atoms with Crippen LogP contribution in [0, 0.1) is 10.1 Å². The number of hydrogen-bond donors (Lipinski definition) is 2. The number of hydrogen-bond acceptors (Lipinski definition) is 7. The molecule has 0 aliphatic carbocycles. The van der Waals surface area contributed by atoms with Crippen molar-refractivity contribution >= 4 is 57.6 Å². The molecule has 1 heterocycles. The van der Waals surface area contributed by atoms with E-state index >= 15 is 0 Å².